The minimum absolute atomic E-state index is 0.303. The lowest BCUT2D eigenvalue weighted by Gasteiger charge is -2.14. The van der Waals surface area contributed by atoms with Crippen molar-refractivity contribution in [1.82, 2.24) is 0 Å². The Labute approximate surface area is 176 Å². The van der Waals surface area contributed by atoms with Crippen LogP contribution in [0.15, 0.2) is 6.07 Å². The molecule has 1 aromatic carbocycles. The van der Waals surface area contributed by atoms with Crippen LogP contribution in [0.4, 0.5) is 0 Å². The molecule has 0 radical (unpaired) electrons. The molecule has 166 valence electrons. The highest BCUT2D eigenvalue weighted by Crippen LogP contribution is 2.51. The summed E-state index contributed by atoms with van der Waals surface area (Å²) >= 11 is 0. The second kappa shape index (κ2) is 8.74. The number of aliphatic carboxylic acids is 2. The number of hydrogen-bond donors (Lipinski definition) is 5. The predicted molar refractivity (Wildman–Crippen MR) is 110 cm³/mol. The summed E-state index contributed by atoms with van der Waals surface area (Å²) < 4.78 is 0. The van der Waals surface area contributed by atoms with Crippen LogP contribution in [0, 0.1) is 10.8 Å². The molecule has 2 fully saturated rings. The summed E-state index contributed by atoms with van der Waals surface area (Å²) in [5, 5.41) is 48.8. The van der Waals surface area contributed by atoms with Gasteiger partial charge in [0.25, 0.3) is 0 Å². The van der Waals surface area contributed by atoms with Gasteiger partial charge in [-0.25, -0.2) is 0 Å². The van der Waals surface area contributed by atoms with Gasteiger partial charge in [0.1, 0.15) is 0 Å². The Balaban J connectivity index is 1.48. The molecule has 0 heterocycles. The fourth-order valence-electron chi connectivity index (χ4n) is 4.32. The number of carbonyl (C=O) groups is 2. The van der Waals surface area contributed by atoms with Crippen molar-refractivity contribution in [2.24, 2.45) is 10.8 Å². The van der Waals surface area contributed by atoms with Gasteiger partial charge in [-0.05, 0) is 81.4 Å². The summed E-state index contributed by atoms with van der Waals surface area (Å²) in [7, 11) is 0. The van der Waals surface area contributed by atoms with Crippen LogP contribution < -0.4 is 0 Å². The smallest absolute Gasteiger partial charge is 0.309 e. The second-order valence-corrected chi connectivity index (χ2v) is 9.18. The van der Waals surface area contributed by atoms with Crippen molar-refractivity contribution in [3.63, 3.8) is 0 Å². The van der Waals surface area contributed by atoms with Gasteiger partial charge in [0.15, 0.2) is 11.5 Å². The SMILES string of the molecule is O=C(O)C1(CCCCCc2cc(CCCCC3(C(=O)O)CC3)c(O)c(O)c2O)CC1. The molecule has 5 N–H and O–H groups in total. The van der Waals surface area contributed by atoms with E-state index >= 15 is 0 Å². The Morgan fingerprint density at radius 3 is 1.47 bits per heavy atom. The summed E-state index contributed by atoms with van der Waals surface area (Å²) in [6.45, 7) is 0. The third kappa shape index (κ3) is 4.82. The van der Waals surface area contributed by atoms with Crippen molar-refractivity contribution >= 4 is 11.9 Å². The number of aromatic hydroxyl groups is 3. The number of hydrogen-bond acceptors (Lipinski definition) is 5. The van der Waals surface area contributed by atoms with Gasteiger partial charge in [-0.1, -0.05) is 19.3 Å². The lowest BCUT2D eigenvalue weighted by molar-refractivity contribution is -0.144. The number of carboxylic acids is 2. The quantitative estimate of drug-likeness (QED) is 0.236. The first-order chi connectivity index (χ1) is 14.2. The van der Waals surface area contributed by atoms with Crippen LogP contribution >= 0.6 is 0 Å². The van der Waals surface area contributed by atoms with Crippen molar-refractivity contribution in [3.8, 4) is 17.2 Å². The molecule has 7 nitrogen and oxygen atoms in total. The Morgan fingerprint density at radius 1 is 0.667 bits per heavy atom. The predicted octanol–water partition coefficient (Wildman–Crippen LogP) is 4.35. The molecule has 0 amide bonds. The first-order valence-corrected chi connectivity index (χ1v) is 10.9. The van der Waals surface area contributed by atoms with Gasteiger partial charge >= 0.3 is 11.9 Å². The van der Waals surface area contributed by atoms with Gasteiger partial charge in [0.05, 0.1) is 10.8 Å². The van der Waals surface area contributed by atoms with Crippen LogP contribution in [-0.4, -0.2) is 37.5 Å². The summed E-state index contributed by atoms with van der Waals surface area (Å²) in [5.74, 6) is -2.56. The molecule has 3 rings (SSSR count). The van der Waals surface area contributed by atoms with E-state index in [2.05, 4.69) is 0 Å². The third-order valence-electron chi connectivity index (χ3n) is 6.97. The van der Waals surface area contributed by atoms with Crippen molar-refractivity contribution in [1.29, 1.82) is 0 Å². The van der Waals surface area contributed by atoms with E-state index < -0.39 is 28.5 Å². The van der Waals surface area contributed by atoms with E-state index in [1.807, 2.05) is 0 Å². The Morgan fingerprint density at radius 2 is 1.07 bits per heavy atom. The molecule has 0 unspecified atom stereocenters. The molecule has 0 saturated heterocycles. The third-order valence-corrected chi connectivity index (χ3v) is 6.97. The maximum atomic E-state index is 11.2. The minimum atomic E-state index is -0.731. The maximum Gasteiger partial charge on any atom is 0.309 e. The molecule has 0 aromatic heterocycles. The molecule has 7 heteroatoms. The number of aryl methyl sites for hydroxylation is 2. The van der Waals surface area contributed by atoms with Crippen LogP contribution in [0.1, 0.15) is 81.8 Å². The lowest BCUT2D eigenvalue weighted by atomic mass is 9.94. The molecule has 0 aliphatic heterocycles. The normalized spacial score (nSPS) is 18.1. The molecule has 0 spiro atoms. The van der Waals surface area contributed by atoms with Crippen molar-refractivity contribution < 1.29 is 35.1 Å². The summed E-state index contributed by atoms with van der Waals surface area (Å²) in [5.41, 5.74) is 0.0719. The number of carboxylic acid groups (broad SMARTS) is 2. The topological polar surface area (TPSA) is 135 Å². The number of rotatable bonds is 13. The monoisotopic (exact) mass is 420 g/mol. The molecular weight excluding hydrogens is 388 g/mol. The van der Waals surface area contributed by atoms with E-state index in [0.29, 0.717) is 43.2 Å². The van der Waals surface area contributed by atoms with E-state index in [1.165, 1.54) is 0 Å². The van der Waals surface area contributed by atoms with Crippen LogP contribution in [0.25, 0.3) is 0 Å². The average molecular weight is 421 g/mol. The molecule has 0 bridgehead atoms. The van der Waals surface area contributed by atoms with E-state index in [9.17, 15) is 35.1 Å². The van der Waals surface area contributed by atoms with Crippen LogP contribution in [0.2, 0.25) is 0 Å². The average Bonchev–Trinajstić information content (AvgIpc) is 3.61. The first kappa shape index (κ1) is 22.2. The van der Waals surface area contributed by atoms with Crippen molar-refractivity contribution in [3.05, 3.63) is 17.2 Å². The summed E-state index contributed by atoms with van der Waals surface area (Å²) in [6, 6.07) is 1.72. The van der Waals surface area contributed by atoms with Gasteiger partial charge in [-0.2, -0.15) is 0 Å². The van der Waals surface area contributed by atoms with Crippen LogP contribution in [0.3, 0.4) is 0 Å². The first-order valence-electron chi connectivity index (χ1n) is 10.9. The Kier molecular flexibility index (Phi) is 6.48. The summed E-state index contributed by atoms with van der Waals surface area (Å²) in [4.78, 5) is 22.4. The van der Waals surface area contributed by atoms with Gasteiger partial charge < -0.3 is 25.5 Å². The standard InChI is InChI=1S/C23H32O7/c24-17-15(6-2-1-4-8-22(10-11-22)20(27)28)14-16(18(25)19(17)26)7-3-5-9-23(12-13-23)21(29)30/h14,24-26H,1-13H2,(H,27,28)(H,29,30). The van der Waals surface area contributed by atoms with E-state index in [-0.39, 0.29) is 11.5 Å². The van der Waals surface area contributed by atoms with E-state index in [4.69, 9.17) is 0 Å². The molecule has 1 aromatic rings. The van der Waals surface area contributed by atoms with Crippen molar-refractivity contribution in [2.45, 2.75) is 83.5 Å². The zero-order chi connectivity index (χ0) is 21.9. The highest BCUT2D eigenvalue weighted by atomic mass is 16.4. The molecule has 0 atom stereocenters. The number of unbranched alkanes of at least 4 members (excludes halogenated alkanes) is 3. The second-order valence-electron chi connectivity index (χ2n) is 9.18. The van der Waals surface area contributed by atoms with Crippen molar-refractivity contribution in [2.75, 3.05) is 0 Å². The number of phenolic OH excluding ortho intramolecular Hbond substituents is 3. The molecular formula is C23H32O7. The number of benzene rings is 1. The molecule has 2 aliphatic rings. The molecule has 2 saturated carbocycles. The molecule has 30 heavy (non-hydrogen) atoms. The zero-order valence-electron chi connectivity index (χ0n) is 17.3. The van der Waals surface area contributed by atoms with Gasteiger partial charge in [-0.3, -0.25) is 9.59 Å². The summed E-state index contributed by atoms with van der Waals surface area (Å²) in [6.07, 6.45) is 9.15. The molecule has 2 aliphatic carbocycles. The lowest BCUT2D eigenvalue weighted by Crippen LogP contribution is -2.14. The van der Waals surface area contributed by atoms with Gasteiger partial charge in [0.2, 0.25) is 5.75 Å². The fourth-order valence-corrected chi connectivity index (χ4v) is 4.32. The van der Waals surface area contributed by atoms with E-state index in [1.54, 1.807) is 6.07 Å². The fraction of sp³-hybridized carbons (Fsp3) is 0.652. The highest BCUT2D eigenvalue weighted by Gasteiger charge is 2.49. The largest absolute Gasteiger partial charge is 0.504 e. The maximum absolute atomic E-state index is 11.2. The Hall–Kier alpha value is -2.44. The van der Waals surface area contributed by atoms with Crippen LogP contribution in [-0.2, 0) is 22.4 Å². The van der Waals surface area contributed by atoms with Gasteiger partial charge in [-0.15, -0.1) is 0 Å². The van der Waals surface area contributed by atoms with Gasteiger partial charge in [0, 0.05) is 0 Å². The minimum Gasteiger partial charge on any atom is -0.504 e. The van der Waals surface area contributed by atoms with E-state index in [0.717, 1.165) is 51.4 Å². The Bertz CT molecular complexity index is 806. The van der Waals surface area contributed by atoms with Crippen LogP contribution in [0.5, 0.6) is 17.2 Å². The number of phenols is 3. The zero-order valence-corrected chi connectivity index (χ0v) is 17.3. The highest BCUT2D eigenvalue weighted by molar-refractivity contribution is 5.78.